The maximum atomic E-state index is 13.6. The Bertz CT molecular complexity index is 1110. The number of nitrogens with two attached hydrogens (primary N) is 3. The van der Waals surface area contributed by atoms with E-state index in [9.17, 15) is 29.1 Å². The molecule has 0 aliphatic heterocycles. The zero-order chi connectivity index (χ0) is 33.4. The number of imidazole rings is 1. The first-order chi connectivity index (χ1) is 20.7. The lowest BCUT2D eigenvalue weighted by atomic mass is 9.97. The van der Waals surface area contributed by atoms with Crippen LogP contribution < -0.4 is 38.5 Å². The van der Waals surface area contributed by atoms with Gasteiger partial charge in [-0.3, -0.25) is 24.2 Å². The molecule has 1 aromatic rings. The van der Waals surface area contributed by atoms with E-state index in [4.69, 9.17) is 17.2 Å². The third-order valence-electron chi connectivity index (χ3n) is 7.34. The van der Waals surface area contributed by atoms with Crippen molar-refractivity contribution in [3.63, 3.8) is 0 Å². The number of carbonyl (C=O) groups is 5. The molecule has 12 N–H and O–H groups in total. The number of hydrogen-bond donors (Lipinski definition) is 10. The monoisotopic (exact) mass is 640 g/mol. The van der Waals surface area contributed by atoms with E-state index in [1.54, 1.807) is 6.92 Å². The Morgan fingerprint density at radius 3 is 2.05 bits per heavy atom. The van der Waals surface area contributed by atoms with E-state index in [1.807, 2.05) is 20.8 Å². The number of hydrogen-bond acceptors (Lipinski definition) is 9. The Balaban J connectivity index is 3.27. The van der Waals surface area contributed by atoms with Gasteiger partial charge in [0.25, 0.3) is 0 Å². The standard InChI is InChI=1S/C27H48N10O6S/c1-5-14(3)20(28)24(40)35-18(10-16-11-31-13-33-16)23(39)34-17(8-7-9-32-27(29)30)22(38)37-21(15(4)6-2)25(41)36-19(12-44)26(42)43/h11,13-15,17-21,44H,5-10,12,28H2,1-4H3,(H,31,33)(H,34,39)(H,35,40)(H,36,41)(H,37,38)(H,42,43)(H4,29,30,32)/t14-,15-,17-,18-,19-,20-,21-/m0/s1. The van der Waals surface area contributed by atoms with E-state index in [1.165, 1.54) is 12.5 Å². The van der Waals surface area contributed by atoms with Crippen LogP contribution in [0.1, 0.15) is 59.1 Å². The van der Waals surface area contributed by atoms with Crippen LogP contribution in [-0.4, -0.2) is 93.1 Å². The Kier molecular flexibility index (Phi) is 16.8. The molecule has 1 aromatic heterocycles. The van der Waals surface area contributed by atoms with E-state index in [0.29, 0.717) is 18.5 Å². The van der Waals surface area contributed by atoms with Crippen molar-refractivity contribution in [1.82, 2.24) is 31.2 Å². The fraction of sp³-hybridized carbons (Fsp3) is 0.667. The van der Waals surface area contributed by atoms with Crippen molar-refractivity contribution >= 4 is 48.2 Å². The molecule has 0 aliphatic rings. The van der Waals surface area contributed by atoms with Crippen molar-refractivity contribution in [2.45, 2.75) is 90.0 Å². The highest BCUT2D eigenvalue weighted by Crippen LogP contribution is 2.11. The van der Waals surface area contributed by atoms with Gasteiger partial charge in [0.1, 0.15) is 24.2 Å². The molecule has 7 atom stereocenters. The van der Waals surface area contributed by atoms with Gasteiger partial charge in [0, 0.05) is 30.6 Å². The summed E-state index contributed by atoms with van der Waals surface area (Å²) in [5.74, 6) is -4.70. The highest BCUT2D eigenvalue weighted by molar-refractivity contribution is 7.80. The van der Waals surface area contributed by atoms with Crippen LogP contribution in [0, 0.1) is 11.8 Å². The number of guanidine groups is 1. The molecule has 0 spiro atoms. The number of carbonyl (C=O) groups excluding carboxylic acids is 4. The lowest BCUT2D eigenvalue weighted by Gasteiger charge is -2.28. The van der Waals surface area contributed by atoms with Gasteiger partial charge in [-0.25, -0.2) is 9.78 Å². The number of aliphatic imine (C=N–C) groups is 1. The zero-order valence-corrected chi connectivity index (χ0v) is 26.6. The first-order valence-electron chi connectivity index (χ1n) is 14.6. The van der Waals surface area contributed by atoms with Crippen LogP contribution in [0.5, 0.6) is 0 Å². The molecule has 0 saturated carbocycles. The summed E-state index contributed by atoms with van der Waals surface area (Å²) < 4.78 is 0. The van der Waals surface area contributed by atoms with E-state index in [2.05, 4.69) is 48.9 Å². The van der Waals surface area contributed by atoms with Crippen LogP contribution in [0.2, 0.25) is 0 Å². The van der Waals surface area contributed by atoms with Crippen molar-refractivity contribution in [3.05, 3.63) is 18.2 Å². The molecule has 1 heterocycles. The molecule has 0 aromatic carbocycles. The van der Waals surface area contributed by atoms with Crippen molar-refractivity contribution in [3.8, 4) is 0 Å². The van der Waals surface area contributed by atoms with E-state index in [-0.39, 0.29) is 49.4 Å². The summed E-state index contributed by atoms with van der Waals surface area (Å²) in [5.41, 5.74) is 17.5. The number of thiol groups is 1. The predicted octanol–water partition coefficient (Wildman–Crippen LogP) is -1.62. The molecule has 44 heavy (non-hydrogen) atoms. The van der Waals surface area contributed by atoms with Crippen molar-refractivity contribution in [2.75, 3.05) is 12.3 Å². The van der Waals surface area contributed by atoms with Crippen LogP contribution in [-0.2, 0) is 30.4 Å². The normalized spacial score (nSPS) is 15.8. The fourth-order valence-electron chi connectivity index (χ4n) is 4.05. The average molecular weight is 641 g/mol. The van der Waals surface area contributed by atoms with E-state index < -0.39 is 59.8 Å². The van der Waals surface area contributed by atoms with Gasteiger partial charge in [-0.05, 0) is 24.7 Å². The quantitative estimate of drug-likeness (QED) is 0.0336. The second kappa shape index (κ2) is 19.4. The lowest BCUT2D eigenvalue weighted by Crippen LogP contribution is -2.60. The number of aromatic nitrogens is 2. The third-order valence-corrected chi connectivity index (χ3v) is 7.71. The van der Waals surface area contributed by atoms with Crippen LogP contribution >= 0.6 is 12.6 Å². The van der Waals surface area contributed by atoms with Gasteiger partial charge in [0.15, 0.2) is 5.96 Å². The summed E-state index contributed by atoms with van der Waals surface area (Å²) in [6.07, 6.45) is 4.46. The minimum absolute atomic E-state index is 0.0331. The summed E-state index contributed by atoms with van der Waals surface area (Å²) in [6, 6.07) is -5.53. The molecule has 0 radical (unpaired) electrons. The number of carboxylic acid groups (broad SMARTS) is 1. The largest absolute Gasteiger partial charge is 0.480 e. The first kappa shape index (κ1) is 38.2. The summed E-state index contributed by atoms with van der Waals surface area (Å²) in [7, 11) is 0. The first-order valence-corrected chi connectivity index (χ1v) is 15.2. The van der Waals surface area contributed by atoms with Crippen LogP contribution in [0.4, 0.5) is 0 Å². The summed E-state index contributed by atoms with van der Waals surface area (Å²) in [4.78, 5) is 75.4. The highest BCUT2D eigenvalue weighted by atomic mass is 32.1. The van der Waals surface area contributed by atoms with Gasteiger partial charge in [0.2, 0.25) is 23.6 Å². The molecule has 1 rings (SSSR count). The highest BCUT2D eigenvalue weighted by Gasteiger charge is 2.34. The van der Waals surface area contributed by atoms with Gasteiger partial charge in [-0.2, -0.15) is 12.6 Å². The van der Waals surface area contributed by atoms with Gasteiger partial charge in [0.05, 0.1) is 12.4 Å². The number of rotatable bonds is 20. The number of nitrogens with one attached hydrogen (secondary N) is 5. The maximum absolute atomic E-state index is 13.6. The third kappa shape index (κ3) is 12.8. The molecule has 0 fully saturated rings. The number of aromatic amines is 1. The van der Waals surface area contributed by atoms with Crippen molar-refractivity contribution in [2.24, 2.45) is 34.0 Å². The van der Waals surface area contributed by atoms with Crippen LogP contribution in [0.3, 0.4) is 0 Å². The summed E-state index contributed by atoms with van der Waals surface area (Å²) >= 11 is 3.98. The number of carboxylic acids is 1. The molecule has 0 unspecified atom stereocenters. The second-order valence-corrected chi connectivity index (χ2v) is 11.1. The molecule has 4 amide bonds. The molecule has 248 valence electrons. The molecule has 16 nitrogen and oxygen atoms in total. The predicted molar refractivity (Wildman–Crippen MR) is 168 cm³/mol. The lowest BCUT2D eigenvalue weighted by molar-refractivity contribution is -0.142. The number of H-pyrrole nitrogens is 1. The maximum Gasteiger partial charge on any atom is 0.327 e. The molecule has 0 saturated heterocycles. The molecule has 17 heteroatoms. The molecular weight excluding hydrogens is 592 g/mol. The summed E-state index contributed by atoms with van der Waals surface area (Å²) in [5, 5.41) is 19.8. The SMILES string of the molecule is CC[C@H](C)[C@H](N)C(=O)N[C@@H](Cc1cnc[nH]1)C(=O)N[C@@H](CCCN=C(N)N)C(=O)N[C@H](C(=O)N[C@@H](CS)C(=O)O)[C@@H](C)CC. The van der Waals surface area contributed by atoms with Crippen LogP contribution in [0.15, 0.2) is 17.5 Å². The smallest absolute Gasteiger partial charge is 0.327 e. The Morgan fingerprint density at radius 2 is 1.52 bits per heavy atom. The van der Waals surface area contributed by atoms with Crippen molar-refractivity contribution < 1.29 is 29.1 Å². The number of nitrogens with zero attached hydrogens (tertiary/aromatic N) is 2. The molecular formula is C27H48N10O6S. The minimum atomic E-state index is -1.27. The van der Waals surface area contributed by atoms with Crippen molar-refractivity contribution in [1.29, 1.82) is 0 Å². The number of amides is 4. The number of aliphatic carboxylic acids is 1. The van der Waals surface area contributed by atoms with Gasteiger partial charge >= 0.3 is 5.97 Å². The van der Waals surface area contributed by atoms with Gasteiger partial charge in [-0.1, -0.05) is 40.5 Å². The Labute approximate surface area is 262 Å². The Hall–Kier alpha value is -3.86. The summed E-state index contributed by atoms with van der Waals surface area (Å²) in [6.45, 7) is 7.42. The van der Waals surface area contributed by atoms with Gasteiger partial charge in [-0.15, -0.1) is 0 Å². The zero-order valence-electron chi connectivity index (χ0n) is 25.7. The molecule has 0 bridgehead atoms. The fourth-order valence-corrected chi connectivity index (χ4v) is 4.30. The van der Waals surface area contributed by atoms with Gasteiger partial charge < -0.3 is 48.6 Å². The van der Waals surface area contributed by atoms with E-state index in [0.717, 1.165) is 0 Å². The average Bonchev–Trinajstić information content (AvgIpc) is 3.50. The second-order valence-electron chi connectivity index (χ2n) is 10.7. The minimum Gasteiger partial charge on any atom is -0.480 e. The van der Waals surface area contributed by atoms with Crippen LogP contribution in [0.25, 0.3) is 0 Å². The Morgan fingerprint density at radius 1 is 0.932 bits per heavy atom. The van der Waals surface area contributed by atoms with E-state index >= 15 is 0 Å². The topological polar surface area (TPSA) is 273 Å². The molecule has 0 aliphatic carbocycles.